The van der Waals surface area contributed by atoms with Gasteiger partial charge in [0.25, 0.3) is 0 Å². The average Bonchev–Trinajstić information content (AvgIpc) is 3.10. The predicted molar refractivity (Wildman–Crippen MR) is 94.9 cm³/mol. The Morgan fingerprint density at radius 3 is 2.75 bits per heavy atom. The van der Waals surface area contributed by atoms with Gasteiger partial charge in [0, 0.05) is 18.3 Å². The molecule has 1 heterocycles. The second-order valence-electron chi connectivity index (χ2n) is 6.58. The van der Waals surface area contributed by atoms with Crippen LogP contribution in [0.2, 0.25) is 0 Å². The Balaban J connectivity index is 2.06. The Kier molecular flexibility index (Phi) is 6.37. The van der Waals surface area contributed by atoms with Crippen molar-refractivity contribution in [2.24, 2.45) is 5.92 Å². The van der Waals surface area contributed by atoms with E-state index < -0.39 is 0 Å². The molecule has 0 aliphatic carbocycles. The van der Waals surface area contributed by atoms with Gasteiger partial charge in [0.1, 0.15) is 6.54 Å². The van der Waals surface area contributed by atoms with E-state index in [0.29, 0.717) is 13.2 Å². The van der Waals surface area contributed by atoms with Crippen LogP contribution < -0.4 is 5.32 Å². The fourth-order valence-electron chi connectivity index (χ4n) is 2.87. The third-order valence-corrected chi connectivity index (χ3v) is 4.88. The highest BCUT2D eigenvalue weighted by molar-refractivity contribution is 5.95. The minimum absolute atomic E-state index is 0.0259. The van der Waals surface area contributed by atoms with Crippen LogP contribution in [0.15, 0.2) is 18.2 Å². The summed E-state index contributed by atoms with van der Waals surface area (Å²) in [5.74, 6) is -0.248. The number of anilines is 1. The number of ether oxygens (including phenoxy) is 1. The maximum atomic E-state index is 12.7. The predicted octanol–water partition coefficient (Wildman–Crippen LogP) is 2.91. The maximum absolute atomic E-state index is 12.7. The molecule has 0 bridgehead atoms. The molecule has 1 aliphatic rings. The third kappa shape index (κ3) is 4.35. The van der Waals surface area contributed by atoms with Crippen LogP contribution in [0.5, 0.6) is 0 Å². The van der Waals surface area contributed by atoms with Crippen molar-refractivity contribution >= 4 is 17.5 Å². The van der Waals surface area contributed by atoms with Gasteiger partial charge in [-0.05, 0) is 50.8 Å². The zero-order valence-corrected chi connectivity index (χ0v) is 15.1. The summed E-state index contributed by atoms with van der Waals surface area (Å²) in [6, 6.07) is 5.86. The topological polar surface area (TPSA) is 58.6 Å². The van der Waals surface area contributed by atoms with Crippen LogP contribution in [0, 0.1) is 19.8 Å². The first-order chi connectivity index (χ1) is 11.4. The number of benzene rings is 1. The van der Waals surface area contributed by atoms with Crippen molar-refractivity contribution in [3.63, 3.8) is 0 Å². The number of amides is 2. The van der Waals surface area contributed by atoms with Gasteiger partial charge in [-0.1, -0.05) is 19.1 Å². The highest BCUT2D eigenvalue weighted by atomic mass is 16.5. The molecule has 0 saturated carbocycles. The summed E-state index contributed by atoms with van der Waals surface area (Å²) in [5.41, 5.74) is 2.99. The first-order valence-electron chi connectivity index (χ1n) is 8.68. The van der Waals surface area contributed by atoms with E-state index in [1.165, 1.54) is 0 Å². The molecule has 1 aromatic rings. The summed E-state index contributed by atoms with van der Waals surface area (Å²) in [5, 5.41) is 2.94. The second-order valence-corrected chi connectivity index (χ2v) is 6.58. The summed E-state index contributed by atoms with van der Waals surface area (Å²) in [6.07, 6.45) is 1.56. The lowest BCUT2D eigenvalue weighted by Crippen LogP contribution is -2.46. The van der Waals surface area contributed by atoms with Gasteiger partial charge in [-0.15, -0.1) is 0 Å². The van der Waals surface area contributed by atoms with E-state index in [2.05, 4.69) is 5.32 Å². The van der Waals surface area contributed by atoms with E-state index >= 15 is 0 Å². The number of nitrogens with one attached hydrogen (secondary N) is 1. The molecule has 0 aromatic heterocycles. The van der Waals surface area contributed by atoms with Gasteiger partial charge >= 0.3 is 0 Å². The van der Waals surface area contributed by atoms with Gasteiger partial charge in [-0.2, -0.15) is 0 Å². The lowest BCUT2D eigenvalue weighted by Gasteiger charge is -2.30. The molecule has 0 spiro atoms. The normalized spacial score (nSPS) is 18.2. The monoisotopic (exact) mass is 332 g/mol. The van der Waals surface area contributed by atoms with Crippen molar-refractivity contribution in [1.29, 1.82) is 0 Å². The van der Waals surface area contributed by atoms with E-state index in [0.717, 1.165) is 29.7 Å². The van der Waals surface area contributed by atoms with Crippen LogP contribution in [-0.2, 0) is 14.3 Å². The molecule has 1 N–H and O–H groups in total. The highest BCUT2D eigenvalue weighted by Gasteiger charge is 2.31. The molecule has 0 unspecified atom stereocenters. The van der Waals surface area contributed by atoms with Gasteiger partial charge in [0.05, 0.1) is 12.5 Å². The standard InChI is InChI=1S/C19H28N2O3/c1-5-14(3)21(19(23)16-9-10-24-12-16)11-18(22)20-17-8-6-7-13(2)15(17)4/h6-8,14,16H,5,9-12H2,1-4H3,(H,20,22)/t14-,16+/m0/s1. The quantitative estimate of drug-likeness (QED) is 0.871. The molecule has 0 radical (unpaired) electrons. The first kappa shape index (κ1) is 18.5. The largest absolute Gasteiger partial charge is 0.381 e. The smallest absolute Gasteiger partial charge is 0.244 e. The molecule has 1 saturated heterocycles. The Labute approximate surface area is 144 Å². The Morgan fingerprint density at radius 2 is 2.12 bits per heavy atom. The van der Waals surface area contributed by atoms with Crippen molar-refractivity contribution in [3.05, 3.63) is 29.3 Å². The number of hydrogen-bond acceptors (Lipinski definition) is 3. The molecule has 5 heteroatoms. The third-order valence-electron chi connectivity index (χ3n) is 4.88. The van der Waals surface area contributed by atoms with E-state index in [1.807, 2.05) is 45.9 Å². The summed E-state index contributed by atoms with van der Waals surface area (Å²) in [4.78, 5) is 26.9. The molecule has 132 valence electrons. The number of nitrogens with zero attached hydrogens (tertiary/aromatic N) is 1. The zero-order valence-electron chi connectivity index (χ0n) is 15.1. The van der Waals surface area contributed by atoms with Crippen molar-refractivity contribution in [3.8, 4) is 0 Å². The summed E-state index contributed by atoms with van der Waals surface area (Å²) >= 11 is 0. The van der Waals surface area contributed by atoms with Gasteiger partial charge < -0.3 is 15.0 Å². The van der Waals surface area contributed by atoms with E-state index in [9.17, 15) is 9.59 Å². The fourth-order valence-corrected chi connectivity index (χ4v) is 2.87. The van der Waals surface area contributed by atoms with Gasteiger partial charge in [-0.3, -0.25) is 9.59 Å². The van der Waals surface area contributed by atoms with Crippen LogP contribution in [0.3, 0.4) is 0 Å². The molecule has 1 fully saturated rings. The molecule has 1 aromatic carbocycles. The molecule has 24 heavy (non-hydrogen) atoms. The maximum Gasteiger partial charge on any atom is 0.244 e. The first-order valence-corrected chi connectivity index (χ1v) is 8.68. The lowest BCUT2D eigenvalue weighted by atomic mass is 10.1. The van der Waals surface area contributed by atoms with Crippen LogP contribution in [0.1, 0.15) is 37.8 Å². The lowest BCUT2D eigenvalue weighted by molar-refractivity contribution is -0.140. The molecule has 2 atom stereocenters. The van der Waals surface area contributed by atoms with Crippen molar-refractivity contribution in [1.82, 2.24) is 4.90 Å². The van der Waals surface area contributed by atoms with E-state index in [1.54, 1.807) is 4.90 Å². The van der Waals surface area contributed by atoms with Crippen LogP contribution in [0.4, 0.5) is 5.69 Å². The molecular weight excluding hydrogens is 304 g/mol. The number of aryl methyl sites for hydroxylation is 1. The Bertz CT molecular complexity index is 594. The van der Waals surface area contributed by atoms with Crippen molar-refractivity contribution in [2.75, 3.05) is 25.1 Å². The van der Waals surface area contributed by atoms with Gasteiger partial charge in [-0.25, -0.2) is 0 Å². The van der Waals surface area contributed by atoms with E-state index in [-0.39, 0.29) is 30.3 Å². The van der Waals surface area contributed by atoms with Gasteiger partial charge in [0.15, 0.2) is 0 Å². The second kappa shape index (κ2) is 8.29. The minimum atomic E-state index is -0.156. The van der Waals surface area contributed by atoms with Crippen molar-refractivity contribution < 1.29 is 14.3 Å². The summed E-state index contributed by atoms with van der Waals surface area (Å²) in [7, 11) is 0. The minimum Gasteiger partial charge on any atom is -0.381 e. The highest BCUT2D eigenvalue weighted by Crippen LogP contribution is 2.20. The summed E-state index contributed by atoms with van der Waals surface area (Å²) in [6.45, 7) is 9.18. The number of rotatable bonds is 6. The molecule has 5 nitrogen and oxygen atoms in total. The van der Waals surface area contributed by atoms with Crippen LogP contribution in [-0.4, -0.2) is 42.5 Å². The van der Waals surface area contributed by atoms with E-state index in [4.69, 9.17) is 4.74 Å². The molecule has 1 aliphatic heterocycles. The SMILES string of the molecule is CC[C@H](C)N(CC(=O)Nc1cccc(C)c1C)C(=O)[C@@H]1CCOC1. The molecular formula is C19H28N2O3. The number of carbonyl (C=O) groups excluding carboxylic acids is 2. The average molecular weight is 332 g/mol. The fraction of sp³-hybridized carbons (Fsp3) is 0.579. The van der Waals surface area contributed by atoms with Gasteiger partial charge in [0.2, 0.25) is 11.8 Å². The molecule has 2 amide bonds. The molecule has 2 rings (SSSR count). The van der Waals surface area contributed by atoms with Crippen LogP contribution >= 0.6 is 0 Å². The summed E-state index contributed by atoms with van der Waals surface area (Å²) < 4.78 is 5.32. The Hall–Kier alpha value is -1.88. The zero-order chi connectivity index (χ0) is 17.7. The number of carbonyl (C=O) groups is 2. The number of hydrogen-bond donors (Lipinski definition) is 1. The Morgan fingerprint density at radius 1 is 1.38 bits per heavy atom. The van der Waals surface area contributed by atoms with Crippen LogP contribution in [0.25, 0.3) is 0 Å². The van der Waals surface area contributed by atoms with Crippen molar-refractivity contribution in [2.45, 2.75) is 46.6 Å².